The first-order valence-electron chi connectivity index (χ1n) is 6.54. The molecule has 106 valence electrons. The molecule has 7 heteroatoms. The monoisotopic (exact) mass is 276 g/mol. The van der Waals surface area contributed by atoms with Crippen LogP contribution in [0.25, 0.3) is 0 Å². The van der Waals surface area contributed by atoms with Gasteiger partial charge in [0.2, 0.25) is 0 Å². The van der Waals surface area contributed by atoms with Crippen LogP contribution in [0.4, 0.5) is 5.69 Å². The predicted octanol–water partition coefficient (Wildman–Crippen LogP) is 0.425. The molecule has 0 aromatic carbocycles. The largest absolute Gasteiger partial charge is 0.378 e. The topological polar surface area (TPSA) is 73.4 Å². The average Bonchev–Trinajstić information content (AvgIpc) is 2.87. The molecule has 2 aromatic heterocycles. The first-order valence-corrected chi connectivity index (χ1v) is 6.54. The molecule has 3 rings (SSSR count). The quantitative estimate of drug-likeness (QED) is 0.809. The number of nitrogens with zero attached hydrogens (tertiary/aromatic N) is 4. The SMILES string of the molecule is Cc1cc(Cn2ncc(N3CCOCC3)cc2=O)no1. The first-order chi connectivity index (χ1) is 9.72. The zero-order chi connectivity index (χ0) is 13.9. The molecule has 1 fully saturated rings. The number of ether oxygens (including phenoxy) is 1. The Kier molecular flexibility index (Phi) is 3.51. The van der Waals surface area contributed by atoms with Gasteiger partial charge in [0.15, 0.2) is 0 Å². The fraction of sp³-hybridized carbons (Fsp3) is 0.462. The Balaban J connectivity index is 1.78. The van der Waals surface area contributed by atoms with Gasteiger partial charge in [0.1, 0.15) is 11.5 Å². The zero-order valence-electron chi connectivity index (χ0n) is 11.3. The van der Waals surface area contributed by atoms with Crippen molar-refractivity contribution in [1.29, 1.82) is 0 Å². The van der Waals surface area contributed by atoms with Gasteiger partial charge >= 0.3 is 0 Å². The Morgan fingerprint density at radius 3 is 2.75 bits per heavy atom. The lowest BCUT2D eigenvalue weighted by Crippen LogP contribution is -2.37. The van der Waals surface area contributed by atoms with Crippen LogP contribution < -0.4 is 10.5 Å². The third-order valence-electron chi connectivity index (χ3n) is 3.22. The van der Waals surface area contributed by atoms with Crippen molar-refractivity contribution < 1.29 is 9.26 Å². The molecule has 0 N–H and O–H groups in total. The Morgan fingerprint density at radius 1 is 1.30 bits per heavy atom. The molecule has 0 unspecified atom stereocenters. The minimum absolute atomic E-state index is 0.144. The second-order valence-electron chi connectivity index (χ2n) is 4.74. The molecule has 3 heterocycles. The minimum atomic E-state index is -0.144. The van der Waals surface area contributed by atoms with Crippen LogP contribution in [0.3, 0.4) is 0 Å². The highest BCUT2D eigenvalue weighted by Crippen LogP contribution is 2.11. The maximum absolute atomic E-state index is 12.1. The third-order valence-corrected chi connectivity index (χ3v) is 3.22. The molecule has 0 saturated carbocycles. The van der Waals surface area contributed by atoms with E-state index in [-0.39, 0.29) is 5.56 Å². The van der Waals surface area contributed by atoms with Gasteiger partial charge in [0.05, 0.1) is 31.6 Å². The molecule has 2 aromatic rings. The summed E-state index contributed by atoms with van der Waals surface area (Å²) in [5, 5.41) is 8.06. The fourth-order valence-electron chi connectivity index (χ4n) is 2.18. The molecule has 1 aliphatic rings. The van der Waals surface area contributed by atoms with Crippen molar-refractivity contribution in [2.75, 3.05) is 31.2 Å². The van der Waals surface area contributed by atoms with E-state index in [1.54, 1.807) is 18.3 Å². The lowest BCUT2D eigenvalue weighted by atomic mass is 10.3. The van der Waals surface area contributed by atoms with E-state index in [1.807, 2.05) is 6.92 Å². The van der Waals surface area contributed by atoms with E-state index in [0.29, 0.717) is 25.5 Å². The molecule has 0 aliphatic carbocycles. The van der Waals surface area contributed by atoms with Gasteiger partial charge in [-0.05, 0) is 6.92 Å². The van der Waals surface area contributed by atoms with Gasteiger partial charge in [-0.3, -0.25) is 4.79 Å². The molecule has 0 atom stereocenters. The van der Waals surface area contributed by atoms with E-state index in [9.17, 15) is 4.79 Å². The molecule has 7 nitrogen and oxygen atoms in total. The first kappa shape index (κ1) is 12.9. The second kappa shape index (κ2) is 5.46. The number of anilines is 1. The number of aromatic nitrogens is 3. The van der Waals surface area contributed by atoms with Crippen molar-refractivity contribution in [3.8, 4) is 0 Å². The van der Waals surface area contributed by atoms with Crippen molar-refractivity contribution in [2.45, 2.75) is 13.5 Å². The highest BCUT2D eigenvalue weighted by atomic mass is 16.5. The summed E-state index contributed by atoms with van der Waals surface area (Å²) in [6.07, 6.45) is 1.71. The normalized spacial score (nSPS) is 15.6. The van der Waals surface area contributed by atoms with Crippen molar-refractivity contribution in [1.82, 2.24) is 14.9 Å². The van der Waals surface area contributed by atoms with Gasteiger partial charge in [0.25, 0.3) is 5.56 Å². The molecular weight excluding hydrogens is 260 g/mol. The van der Waals surface area contributed by atoms with Crippen LogP contribution in [-0.4, -0.2) is 41.2 Å². The summed E-state index contributed by atoms with van der Waals surface area (Å²) in [5.74, 6) is 0.720. The van der Waals surface area contributed by atoms with Gasteiger partial charge in [-0.2, -0.15) is 5.10 Å². The third kappa shape index (κ3) is 2.72. The number of hydrogen-bond acceptors (Lipinski definition) is 6. The van der Waals surface area contributed by atoms with Gasteiger partial charge in [-0.1, -0.05) is 5.16 Å². The highest BCUT2D eigenvalue weighted by Gasteiger charge is 2.13. The molecule has 20 heavy (non-hydrogen) atoms. The van der Waals surface area contributed by atoms with Gasteiger partial charge in [-0.15, -0.1) is 0 Å². The predicted molar refractivity (Wildman–Crippen MR) is 71.9 cm³/mol. The van der Waals surface area contributed by atoms with E-state index < -0.39 is 0 Å². The summed E-state index contributed by atoms with van der Waals surface area (Å²) >= 11 is 0. The molecule has 0 amide bonds. The van der Waals surface area contributed by atoms with Crippen LogP contribution in [0.15, 0.2) is 27.6 Å². The van der Waals surface area contributed by atoms with Gasteiger partial charge in [0, 0.05) is 25.2 Å². The lowest BCUT2D eigenvalue weighted by Gasteiger charge is -2.28. The Hall–Kier alpha value is -2.15. The van der Waals surface area contributed by atoms with Crippen molar-refractivity contribution >= 4 is 5.69 Å². The van der Waals surface area contributed by atoms with Crippen molar-refractivity contribution in [3.05, 3.63) is 40.1 Å². The Labute approximate surface area is 115 Å². The summed E-state index contributed by atoms with van der Waals surface area (Å²) in [6, 6.07) is 3.40. The van der Waals surface area contributed by atoms with Crippen LogP contribution >= 0.6 is 0 Å². The summed E-state index contributed by atoms with van der Waals surface area (Å²) in [6.45, 7) is 5.07. The summed E-state index contributed by atoms with van der Waals surface area (Å²) < 4.78 is 11.6. The number of hydrogen-bond donors (Lipinski definition) is 0. The summed E-state index contributed by atoms with van der Waals surface area (Å²) in [5.41, 5.74) is 1.39. The number of aryl methyl sites for hydroxylation is 1. The fourth-order valence-corrected chi connectivity index (χ4v) is 2.18. The average molecular weight is 276 g/mol. The molecule has 0 radical (unpaired) electrons. The van der Waals surface area contributed by atoms with Crippen LogP contribution in [0.2, 0.25) is 0 Å². The molecular formula is C13H16N4O3. The van der Waals surface area contributed by atoms with Crippen LogP contribution in [0.5, 0.6) is 0 Å². The standard InChI is InChI=1S/C13H16N4O3/c1-10-6-11(15-20-10)9-17-13(18)7-12(8-14-17)16-2-4-19-5-3-16/h6-8H,2-5,9H2,1H3. The number of rotatable bonds is 3. The van der Waals surface area contributed by atoms with Crippen LogP contribution in [0.1, 0.15) is 11.5 Å². The maximum atomic E-state index is 12.1. The van der Waals surface area contributed by atoms with Crippen molar-refractivity contribution in [2.24, 2.45) is 0 Å². The van der Waals surface area contributed by atoms with Crippen LogP contribution in [0, 0.1) is 6.92 Å². The minimum Gasteiger partial charge on any atom is -0.378 e. The molecule has 0 spiro atoms. The zero-order valence-corrected chi connectivity index (χ0v) is 11.3. The molecule has 1 saturated heterocycles. The number of morpholine rings is 1. The van der Waals surface area contributed by atoms with Crippen molar-refractivity contribution in [3.63, 3.8) is 0 Å². The second-order valence-corrected chi connectivity index (χ2v) is 4.74. The van der Waals surface area contributed by atoms with E-state index in [2.05, 4.69) is 15.2 Å². The summed E-state index contributed by atoms with van der Waals surface area (Å²) in [4.78, 5) is 14.2. The van der Waals surface area contributed by atoms with E-state index in [1.165, 1.54) is 4.68 Å². The smallest absolute Gasteiger partial charge is 0.269 e. The lowest BCUT2D eigenvalue weighted by molar-refractivity contribution is 0.122. The van der Waals surface area contributed by atoms with E-state index >= 15 is 0 Å². The van der Waals surface area contributed by atoms with Gasteiger partial charge < -0.3 is 14.2 Å². The Morgan fingerprint density at radius 2 is 2.10 bits per heavy atom. The molecule has 1 aliphatic heterocycles. The van der Waals surface area contributed by atoms with Gasteiger partial charge in [-0.25, -0.2) is 4.68 Å². The highest BCUT2D eigenvalue weighted by molar-refractivity contribution is 5.43. The molecule has 0 bridgehead atoms. The van der Waals surface area contributed by atoms with E-state index in [4.69, 9.17) is 9.26 Å². The summed E-state index contributed by atoms with van der Waals surface area (Å²) in [7, 11) is 0. The Bertz CT molecular complexity index is 643. The van der Waals surface area contributed by atoms with E-state index in [0.717, 1.165) is 24.5 Å². The van der Waals surface area contributed by atoms with Crippen LogP contribution in [-0.2, 0) is 11.3 Å². The maximum Gasteiger partial charge on any atom is 0.269 e.